The molecule has 0 bridgehead atoms. The molecular formula is C24H32N2O6S. The van der Waals surface area contributed by atoms with E-state index in [4.69, 9.17) is 9.47 Å². The molecule has 1 amide bonds. The molecule has 0 heterocycles. The Balaban J connectivity index is 2.07. The standard InChI is InChI=1S/C24H32N2O6S/c1-6-7-14-32-24(28)18-8-11-20(12-9-18)25-23(27)16-26(4)33(29,30)22-15-19(17(2)3)10-13-21(22)31-5/h8-13,15,17H,6-7,14,16H2,1-5H3,(H,25,27). The monoisotopic (exact) mass is 476 g/mol. The van der Waals surface area contributed by atoms with Gasteiger partial charge in [-0.1, -0.05) is 33.3 Å². The Morgan fingerprint density at radius 1 is 1.09 bits per heavy atom. The van der Waals surface area contributed by atoms with Gasteiger partial charge in [-0.05, 0) is 54.3 Å². The summed E-state index contributed by atoms with van der Waals surface area (Å²) in [6.45, 7) is 5.90. The lowest BCUT2D eigenvalue weighted by molar-refractivity contribution is -0.116. The third-order valence-corrected chi connectivity index (χ3v) is 6.87. The Morgan fingerprint density at radius 3 is 2.33 bits per heavy atom. The Morgan fingerprint density at radius 2 is 1.76 bits per heavy atom. The van der Waals surface area contributed by atoms with E-state index in [1.165, 1.54) is 14.2 Å². The summed E-state index contributed by atoms with van der Waals surface area (Å²) in [6.07, 6.45) is 1.72. The Labute approximate surface area is 195 Å². The average Bonchev–Trinajstić information content (AvgIpc) is 2.78. The number of ether oxygens (including phenoxy) is 2. The highest BCUT2D eigenvalue weighted by molar-refractivity contribution is 7.89. The van der Waals surface area contributed by atoms with Crippen LogP contribution in [0.15, 0.2) is 47.4 Å². The molecule has 0 saturated carbocycles. The van der Waals surface area contributed by atoms with Crippen molar-refractivity contribution in [3.8, 4) is 5.75 Å². The van der Waals surface area contributed by atoms with E-state index in [9.17, 15) is 18.0 Å². The van der Waals surface area contributed by atoms with Crippen LogP contribution in [-0.2, 0) is 19.6 Å². The summed E-state index contributed by atoms with van der Waals surface area (Å²) < 4.78 is 37.6. The maximum atomic E-state index is 13.1. The lowest BCUT2D eigenvalue weighted by atomic mass is 10.0. The van der Waals surface area contributed by atoms with Crippen molar-refractivity contribution in [1.29, 1.82) is 0 Å². The number of carbonyl (C=O) groups is 2. The molecule has 0 spiro atoms. The summed E-state index contributed by atoms with van der Waals surface area (Å²) in [4.78, 5) is 24.5. The van der Waals surface area contributed by atoms with Crippen LogP contribution < -0.4 is 10.1 Å². The number of carbonyl (C=O) groups excluding carboxylic acids is 2. The van der Waals surface area contributed by atoms with E-state index in [0.29, 0.717) is 17.9 Å². The summed E-state index contributed by atoms with van der Waals surface area (Å²) in [5.41, 5.74) is 1.66. The zero-order valence-corrected chi connectivity index (χ0v) is 20.6. The number of amides is 1. The highest BCUT2D eigenvalue weighted by Crippen LogP contribution is 2.30. The first kappa shape index (κ1) is 26.3. The van der Waals surface area contributed by atoms with Crippen LogP contribution in [0.5, 0.6) is 5.75 Å². The smallest absolute Gasteiger partial charge is 0.338 e. The minimum absolute atomic E-state index is 0.0115. The van der Waals surface area contributed by atoms with Crippen molar-refractivity contribution in [2.45, 2.75) is 44.4 Å². The molecule has 33 heavy (non-hydrogen) atoms. The first-order valence-electron chi connectivity index (χ1n) is 10.8. The fourth-order valence-electron chi connectivity index (χ4n) is 2.99. The molecule has 180 valence electrons. The average molecular weight is 477 g/mol. The van der Waals surface area contributed by atoms with Crippen LogP contribution in [0, 0.1) is 0 Å². The van der Waals surface area contributed by atoms with Gasteiger partial charge in [0, 0.05) is 12.7 Å². The molecule has 0 atom stereocenters. The summed E-state index contributed by atoms with van der Waals surface area (Å²) in [7, 11) is -1.23. The minimum Gasteiger partial charge on any atom is -0.495 e. The molecule has 2 rings (SSSR count). The van der Waals surface area contributed by atoms with Crippen molar-refractivity contribution in [2.24, 2.45) is 0 Å². The first-order valence-corrected chi connectivity index (χ1v) is 12.3. The van der Waals surface area contributed by atoms with E-state index in [-0.39, 0.29) is 16.6 Å². The van der Waals surface area contributed by atoms with Crippen molar-refractivity contribution in [3.05, 3.63) is 53.6 Å². The van der Waals surface area contributed by atoms with Crippen LogP contribution in [-0.4, -0.2) is 51.9 Å². The third-order valence-electron chi connectivity index (χ3n) is 5.04. The van der Waals surface area contributed by atoms with Crippen LogP contribution in [0.1, 0.15) is 55.5 Å². The summed E-state index contributed by atoms with van der Waals surface area (Å²) in [5, 5.41) is 2.64. The number of unbranched alkanes of at least 4 members (excludes halogenated alkanes) is 1. The largest absolute Gasteiger partial charge is 0.495 e. The van der Waals surface area contributed by atoms with Gasteiger partial charge >= 0.3 is 5.97 Å². The SMILES string of the molecule is CCCCOC(=O)c1ccc(NC(=O)CN(C)S(=O)(=O)c2cc(C(C)C)ccc2OC)cc1. The van der Waals surface area contributed by atoms with Crippen LogP contribution in [0.3, 0.4) is 0 Å². The molecule has 0 aromatic heterocycles. The number of hydrogen-bond acceptors (Lipinski definition) is 6. The van der Waals surface area contributed by atoms with Crippen molar-refractivity contribution in [2.75, 3.05) is 32.6 Å². The Bertz CT molecular complexity index is 1060. The molecule has 0 radical (unpaired) electrons. The topological polar surface area (TPSA) is 102 Å². The van der Waals surface area contributed by atoms with Crippen LogP contribution in [0.4, 0.5) is 5.69 Å². The van der Waals surface area contributed by atoms with Gasteiger partial charge in [0.2, 0.25) is 15.9 Å². The fraction of sp³-hybridized carbons (Fsp3) is 0.417. The molecule has 0 aliphatic heterocycles. The number of anilines is 1. The van der Waals surface area contributed by atoms with E-state index < -0.39 is 28.4 Å². The molecule has 2 aromatic rings. The molecule has 0 fully saturated rings. The highest BCUT2D eigenvalue weighted by Gasteiger charge is 2.27. The molecule has 0 aliphatic carbocycles. The van der Waals surface area contributed by atoms with E-state index in [1.807, 2.05) is 26.8 Å². The predicted molar refractivity (Wildman–Crippen MR) is 127 cm³/mol. The van der Waals surface area contributed by atoms with Crippen molar-refractivity contribution in [3.63, 3.8) is 0 Å². The fourth-order valence-corrected chi connectivity index (χ4v) is 4.31. The molecule has 0 aliphatic rings. The number of nitrogens with zero attached hydrogens (tertiary/aromatic N) is 1. The summed E-state index contributed by atoms with van der Waals surface area (Å²) in [5.74, 6) is -0.596. The van der Waals surface area contributed by atoms with E-state index >= 15 is 0 Å². The van der Waals surface area contributed by atoms with Gasteiger partial charge < -0.3 is 14.8 Å². The predicted octanol–water partition coefficient (Wildman–Crippen LogP) is 4.03. The zero-order chi connectivity index (χ0) is 24.6. The highest BCUT2D eigenvalue weighted by atomic mass is 32.2. The number of hydrogen-bond donors (Lipinski definition) is 1. The summed E-state index contributed by atoms with van der Waals surface area (Å²) >= 11 is 0. The van der Waals surface area contributed by atoms with Crippen LogP contribution >= 0.6 is 0 Å². The van der Waals surface area contributed by atoms with Crippen molar-refractivity contribution >= 4 is 27.6 Å². The van der Waals surface area contributed by atoms with E-state index in [1.54, 1.807) is 36.4 Å². The van der Waals surface area contributed by atoms with Gasteiger partial charge in [0.05, 0.1) is 25.8 Å². The van der Waals surface area contributed by atoms with Crippen LogP contribution in [0.25, 0.3) is 0 Å². The molecule has 9 heteroatoms. The quantitative estimate of drug-likeness (QED) is 0.388. The number of benzene rings is 2. The van der Waals surface area contributed by atoms with E-state index in [0.717, 1.165) is 22.7 Å². The van der Waals surface area contributed by atoms with Gasteiger partial charge in [0.25, 0.3) is 0 Å². The second-order valence-corrected chi connectivity index (χ2v) is 9.95. The van der Waals surface area contributed by atoms with Crippen LogP contribution in [0.2, 0.25) is 0 Å². The molecule has 2 aromatic carbocycles. The Kier molecular flexibility index (Phi) is 9.43. The molecule has 8 nitrogen and oxygen atoms in total. The molecule has 0 saturated heterocycles. The number of sulfonamides is 1. The lowest BCUT2D eigenvalue weighted by Gasteiger charge is -2.20. The maximum absolute atomic E-state index is 13.1. The Hall–Kier alpha value is -2.91. The second kappa shape index (κ2) is 11.8. The molecular weight excluding hydrogens is 444 g/mol. The molecule has 1 N–H and O–H groups in total. The number of rotatable bonds is 11. The van der Waals surface area contributed by atoms with Gasteiger partial charge in [-0.25, -0.2) is 13.2 Å². The number of likely N-dealkylation sites (N-methyl/N-ethyl adjacent to an activating group) is 1. The molecule has 0 unspecified atom stereocenters. The number of methoxy groups -OCH3 is 1. The summed E-state index contributed by atoms with van der Waals surface area (Å²) in [6, 6.07) is 11.2. The van der Waals surface area contributed by atoms with Gasteiger partial charge in [0.1, 0.15) is 10.6 Å². The normalized spacial score (nSPS) is 11.5. The second-order valence-electron chi connectivity index (χ2n) is 7.94. The zero-order valence-electron chi connectivity index (χ0n) is 19.8. The number of nitrogens with one attached hydrogen (secondary N) is 1. The minimum atomic E-state index is -3.97. The van der Waals surface area contributed by atoms with Crippen molar-refractivity contribution in [1.82, 2.24) is 4.31 Å². The lowest BCUT2D eigenvalue weighted by Crippen LogP contribution is -2.35. The van der Waals surface area contributed by atoms with E-state index in [2.05, 4.69) is 5.32 Å². The third kappa shape index (κ3) is 7.03. The van der Waals surface area contributed by atoms with Crippen molar-refractivity contribution < 1.29 is 27.5 Å². The first-order chi connectivity index (χ1) is 15.6. The maximum Gasteiger partial charge on any atom is 0.338 e. The van der Waals surface area contributed by atoms with Gasteiger partial charge in [-0.3, -0.25) is 4.79 Å². The number of esters is 1. The van der Waals surface area contributed by atoms with Gasteiger partial charge in [0.15, 0.2) is 0 Å². The van der Waals surface area contributed by atoms with Gasteiger partial charge in [-0.15, -0.1) is 0 Å². The van der Waals surface area contributed by atoms with Gasteiger partial charge in [-0.2, -0.15) is 4.31 Å².